The Balaban J connectivity index is 2.01. The molecule has 2 aromatic rings. The molecule has 2 heterocycles. The van der Waals surface area contributed by atoms with Gasteiger partial charge in [0.15, 0.2) is 0 Å². The lowest BCUT2D eigenvalue weighted by molar-refractivity contribution is 0.0950. The van der Waals surface area contributed by atoms with E-state index in [2.05, 4.69) is 20.3 Å². The van der Waals surface area contributed by atoms with Crippen LogP contribution in [0.2, 0.25) is 0 Å². The molecule has 0 aliphatic carbocycles. The Morgan fingerprint density at radius 2 is 2.13 bits per heavy atom. The number of allylic oxidation sites excluding steroid dienone is 3. The topological polar surface area (TPSA) is 119 Å². The van der Waals surface area contributed by atoms with Crippen LogP contribution < -0.4 is 16.8 Å². The Hall–Kier alpha value is -3.03. The van der Waals surface area contributed by atoms with Crippen molar-refractivity contribution in [3.8, 4) is 0 Å². The third kappa shape index (κ3) is 6.79. The van der Waals surface area contributed by atoms with Crippen molar-refractivity contribution >= 4 is 29.5 Å². The number of amides is 1. The van der Waals surface area contributed by atoms with E-state index < -0.39 is 0 Å². The summed E-state index contributed by atoms with van der Waals surface area (Å²) in [7, 11) is 1.65. The fraction of sp³-hybridized carbons (Fsp3) is 0.273. The van der Waals surface area contributed by atoms with Crippen molar-refractivity contribution in [1.29, 1.82) is 0 Å². The minimum absolute atomic E-state index is 0.203. The van der Waals surface area contributed by atoms with Crippen LogP contribution in [0.5, 0.6) is 0 Å². The maximum Gasteiger partial charge on any atom is 0.251 e. The van der Waals surface area contributed by atoms with Gasteiger partial charge >= 0.3 is 0 Å². The van der Waals surface area contributed by atoms with E-state index in [1.807, 2.05) is 26.0 Å². The Labute approximate surface area is 182 Å². The lowest BCUT2D eigenvalue weighted by Crippen LogP contribution is -2.24. The van der Waals surface area contributed by atoms with E-state index in [9.17, 15) is 4.79 Å². The number of hydrogen-bond donors (Lipinski definition) is 3. The number of carbonyl (C=O) groups excluding carboxylic acids is 1. The number of nitrogens with one attached hydrogen (secondary N) is 1. The molecule has 0 aromatic carbocycles. The summed E-state index contributed by atoms with van der Waals surface area (Å²) >= 11 is 5.93. The highest BCUT2D eigenvalue weighted by Gasteiger charge is 2.12. The monoisotopic (exact) mass is 426 g/mol. The summed E-state index contributed by atoms with van der Waals surface area (Å²) in [6.07, 6.45) is 9.13. The molecule has 0 radical (unpaired) electrons. The number of pyridine rings is 2. The standard InChI is InChI=1S/C22H27ClN6O/c1-14-10-21(25)29-15(2)18(14)13-28-22(30)16-8-9-27-20(11-16)19(24)7-5-4-6-17(23)12-26-3/h4-6,8-12,19H,7,13,24H2,1-3H3,(H2,25,29)(H,28,30)/b5-4+,17-6+,26-12-. The van der Waals surface area contributed by atoms with Crippen LogP contribution in [0.15, 0.2) is 52.6 Å². The van der Waals surface area contributed by atoms with Gasteiger partial charge in [-0.05, 0) is 55.7 Å². The van der Waals surface area contributed by atoms with Gasteiger partial charge in [-0.3, -0.25) is 14.8 Å². The van der Waals surface area contributed by atoms with Gasteiger partial charge in [-0.15, -0.1) is 0 Å². The number of aromatic nitrogens is 2. The zero-order chi connectivity index (χ0) is 22.1. The van der Waals surface area contributed by atoms with E-state index in [-0.39, 0.29) is 11.9 Å². The number of halogens is 1. The zero-order valence-corrected chi connectivity index (χ0v) is 18.1. The molecule has 1 unspecified atom stereocenters. The van der Waals surface area contributed by atoms with Crippen LogP contribution in [-0.2, 0) is 6.54 Å². The molecule has 2 rings (SSSR count). The summed E-state index contributed by atoms with van der Waals surface area (Å²) in [6, 6.07) is 4.83. The molecule has 0 aliphatic rings. The van der Waals surface area contributed by atoms with Crippen LogP contribution >= 0.6 is 11.6 Å². The number of carbonyl (C=O) groups is 1. The van der Waals surface area contributed by atoms with Crippen molar-refractivity contribution in [3.63, 3.8) is 0 Å². The molecule has 1 amide bonds. The molecule has 0 spiro atoms. The lowest BCUT2D eigenvalue weighted by atomic mass is 10.1. The molecule has 2 aromatic heterocycles. The number of nitrogen functional groups attached to an aromatic ring is 1. The predicted octanol–water partition coefficient (Wildman–Crippen LogP) is 3.38. The summed E-state index contributed by atoms with van der Waals surface area (Å²) in [6.45, 7) is 4.19. The first-order valence-electron chi connectivity index (χ1n) is 9.48. The number of aliphatic imine (C=N–C) groups is 1. The second-order valence-electron chi connectivity index (χ2n) is 6.79. The molecule has 0 aliphatic heterocycles. The smallest absolute Gasteiger partial charge is 0.251 e. The second-order valence-corrected chi connectivity index (χ2v) is 7.23. The molecular weight excluding hydrogens is 400 g/mol. The summed E-state index contributed by atoms with van der Waals surface area (Å²) in [5.74, 6) is 0.267. The van der Waals surface area contributed by atoms with Gasteiger partial charge in [0.2, 0.25) is 0 Å². The van der Waals surface area contributed by atoms with Crippen LogP contribution in [0, 0.1) is 13.8 Å². The summed E-state index contributed by atoms with van der Waals surface area (Å²) < 4.78 is 0. The first-order valence-corrected chi connectivity index (χ1v) is 9.86. The van der Waals surface area contributed by atoms with Gasteiger partial charge in [0, 0.05) is 37.3 Å². The summed E-state index contributed by atoms with van der Waals surface area (Å²) in [5, 5.41) is 3.45. The normalized spacial score (nSPS) is 13.2. The molecule has 30 heavy (non-hydrogen) atoms. The highest BCUT2D eigenvalue weighted by atomic mass is 35.5. The Morgan fingerprint density at radius 3 is 2.83 bits per heavy atom. The van der Waals surface area contributed by atoms with Crippen LogP contribution in [0.4, 0.5) is 5.82 Å². The SMILES string of the molecule is C\N=C/C(Cl)=C\C=C\CC(N)c1cc(C(=O)NCc2c(C)cc(N)nc2C)ccn1. The largest absolute Gasteiger partial charge is 0.384 e. The molecule has 8 heteroatoms. The summed E-state index contributed by atoms with van der Waals surface area (Å²) in [5.41, 5.74) is 15.8. The molecular formula is C22H27ClN6O. The Kier molecular flexibility index (Phi) is 8.70. The molecule has 5 N–H and O–H groups in total. The molecule has 7 nitrogen and oxygen atoms in total. The highest BCUT2D eigenvalue weighted by Crippen LogP contribution is 2.16. The van der Waals surface area contributed by atoms with Crippen molar-refractivity contribution in [2.45, 2.75) is 32.9 Å². The molecule has 1 atom stereocenters. The molecule has 0 fully saturated rings. The molecule has 158 valence electrons. The van der Waals surface area contributed by atoms with E-state index in [0.29, 0.717) is 35.1 Å². The van der Waals surface area contributed by atoms with Crippen molar-refractivity contribution in [2.75, 3.05) is 12.8 Å². The number of hydrogen-bond acceptors (Lipinski definition) is 6. The third-order valence-corrected chi connectivity index (χ3v) is 4.68. The van der Waals surface area contributed by atoms with Crippen LogP contribution in [0.1, 0.15) is 45.3 Å². The van der Waals surface area contributed by atoms with Crippen LogP contribution in [0.3, 0.4) is 0 Å². The van der Waals surface area contributed by atoms with Crippen molar-refractivity contribution in [1.82, 2.24) is 15.3 Å². The number of nitrogens with two attached hydrogens (primary N) is 2. The maximum atomic E-state index is 12.6. The summed E-state index contributed by atoms with van der Waals surface area (Å²) in [4.78, 5) is 25.0. The average molecular weight is 427 g/mol. The fourth-order valence-electron chi connectivity index (χ4n) is 2.89. The number of rotatable bonds is 8. The van der Waals surface area contributed by atoms with Crippen molar-refractivity contribution in [3.05, 3.63) is 75.7 Å². The van der Waals surface area contributed by atoms with Gasteiger partial charge in [0.25, 0.3) is 5.91 Å². The van der Waals surface area contributed by atoms with Crippen molar-refractivity contribution in [2.24, 2.45) is 10.7 Å². The number of anilines is 1. The van der Waals surface area contributed by atoms with Crippen LogP contribution in [-0.4, -0.2) is 29.1 Å². The zero-order valence-electron chi connectivity index (χ0n) is 17.4. The van der Waals surface area contributed by atoms with E-state index in [0.717, 1.165) is 16.8 Å². The molecule has 0 bridgehead atoms. The van der Waals surface area contributed by atoms with E-state index in [1.165, 1.54) is 0 Å². The van der Waals surface area contributed by atoms with Gasteiger partial charge < -0.3 is 16.8 Å². The van der Waals surface area contributed by atoms with Gasteiger partial charge in [-0.1, -0.05) is 23.8 Å². The fourth-order valence-corrected chi connectivity index (χ4v) is 3.06. The van der Waals surface area contributed by atoms with Gasteiger partial charge in [-0.2, -0.15) is 0 Å². The van der Waals surface area contributed by atoms with Gasteiger partial charge in [-0.25, -0.2) is 4.98 Å². The highest BCUT2D eigenvalue weighted by molar-refractivity contribution is 6.39. The first kappa shape index (κ1) is 23.3. The molecule has 0 saturated heterocycles. The van der Waals surface area contributed by atoms with E-state index >= 15 is 0 Å². The first-order chi connectivity index (χ1) is 14.3. The Bertz CT molecular complexity index is 960. The quantitative estimate of drug-likeness (QED) is 0.441. The van der Waals surface area contributed by atoms with E-state index in [1.54, 1.807) is 43.7 Å². The minimum Gasteiger partial charge on any atom is -0.384 e. The number of nitrogens with zero attached hydrogens (tertiary/aromatic N) is 3. The average Bonchev–Trinajstić information content (AvgIpc) is 2.70. The number of aryl methyl sites for hydroxylation is 2. The molecule has 0 saturated carbocycles. The van der Waals surface area contributed by atoms with Crippen LogP contribution in [0.25, 0.3) is 0 Å². The van der Waals surface area contributed by atoms with E-state index in [4.69, 9.17) is 23.1 Å². The second kappa shape index (κ2) is 11.2. The third-order valence-electron chi connectivity index (χ3n) is 4.46. The minimum atomic E-state index is -0.341. The lowest BCUT2D eigenvalue weighted by Gasteiger charge is -2.13. The van der Waals surface area contributed by atoms with Crippen molar-refractivity contribution < 1.29 is 4.79 Å². The Morgan fingerprint density at radius 1 is 1.37 bits per heavy atom. The van der Waals surface area contributed by atoms with Gasteiger partial charge in [0.1, 0.15) is 5.82 Å². The maximum absolute atomic E-state index is 12.6. The van der Waals surface area contributed by atoms with Gasteiger partial charge in [0.05, 0.1) is 16.8 Å². The predicted molar refractivity (Wildman–Crippen MR) is 123 cm³/mol.